The third-order valence-electron chi connectivity index (χ3n) is 5.14. The van der Waals surface area contributed by atoms with Gasteiger partial charge in [0.05, 0.1) is 6.61 Å². The molecule has 1 fully saturated rings. The van der Waals surface area contributed by atoms with Gasteiger partial charge in [0.25, 0.3) is 0 Å². The molecule has 0 spiro atoms. The second kappa shape index (κ2) is 6.00. The van der Waals surface area contributed by atoms with E-state index in [0.717, 1.165) is 24.2 Å². The monoisotopic (exact) mass is 287 g/mol. The van der Waals surface area contributed by atoms with Gasteiger partial charge in [0.1, 0.15) is 5.75 Å². The van der Waals surface area contributed by atoms with Crippen molar-refractivity contribution < 1.29 is 4.74 Å². The zero-order chi connectivity index (χ0) is 14.9. The van der Waals surface area contributed by atoms with Crippen molar-refractivity contribution in [3.8, 4) is 5.75 Å². The molecule has 2 heteroatoms. The Bertz CT molecular complexity index is 477. The maximum atomic E-state index is 5.79. The SMILES string of the molecule is CC(C)(C)NCC1CCC1CC1CCOc2ccccc21. The quantitative estimate of drug-likeness (QED) is 0.888. The van der Waals surface area contributed by atoms with Crippen molar-refractivity contribution >= 4 is 0 Å². The average Bonchev–Trinajstić information content (AvgIpc) is 2.42. The number of ether oxygens (including phenoxy) is 1. The third kappa shape index (κ3) is 3.60. The Labute approximate surface area is 129 Å². The lowest BCUT2D eigenvalue weighted by Crippen LogP contribution is -2.44. The minimum absolute atomic E-state index is 0.241. The second-order valence-electron chi connectivity index (χ2n) is 7.84. The van der Waals surface area contributed by atoms with Crippen molar-refractivity contribution in [3.63, 3.8) is 0 Å². The molecule has 1 N–H and O–H groups in total. The summed E-state index contributed by atoms with van der Waals surface area (Å²) in [6, 6.07) is 8.63. The first kappa shape index (κ1) is 14.9. The van der Waals surface area contributed by atoms with E-state index in [0.29, 0.717) is 5.92 Å². The van der Waals surface area contributed by atoms with E-state index >= 15 is 0 Å². The Balaban J connectivity index is 1.58. The Morgan fingerprint density at radius 1 is 1.10 bits per heavy atom. The summed E-state index contributed by atoms with van der Waals surface area (Å²) in [5.74, 6) is 3.60. The molecule has 0 bridgehead atoms. The molecule has 21 heavy (non-hydrogen) atoms. The van der Waals surface area contributed by atoms with Crippen molar-refractivity contribution in [1.29, 1.82) is 0 Å². The molecule has 0 radical (unpaired) electrons. The van der Waals surface area contributed by atoms with Crippen molar-refractivity contribution in [1.82, 2.24) is 5.32 Å². The molecule has 3 atom stereocenters. The lowest BCUT2D eigenvalue weighted by molar-refractivity contribution is 0.131. The van der Waals surface area contributed by atoms with Crippen LogP contribution in [0.25, 0.3) is 0 Å². The Morgan fingerprint density at radius 3 is 2.57 bits per heavy atom. The van der Waals surface area contributed by atoms with Crippen LogP contribution in [0.5, 0.6) is 5.75 Å². The van der Waals surface area contributed by atoms with Gasteiger partial charge < -0.3 is 10.1 Å². The highest BCUT2D eigenvalue weighted by molar-refractivity contribution is 5.37. The van der Waals surface area contributed by atoms with Crippen LogP contribution in [-0.2, 0) is 0 Å². The highest BCUT2D eigenvalue weighted by Gasteiger charge is 2.34. The molecule has 1 aromatic carbocycles. The van der Waals surface area contributed by atoms with Gasteiger partial charge in [0.15, 0.2) is 0 Å². The predicted molar refractivity (Wildman–Crippen MR) is 87.9 cm³/mol. The van der Waals surface area contributed by atoms with E-state index in [1.165, 1.54) is 37.8 Å². The van der Waals surface area contributed by atoms with Crippen LogP contribution in [0.15, 0.2) is 24.3 Å². The molecule has 2 nitrogen and oxygen atoms in total. The fourth-order valence-corrected chi connectivity index (χ4v) is 3.68. The number of hydrogen-bond donors (Lipinski definition) is 1. The Kier molecular flexibility index (Phi) is 4.26. The predicted octanol–water partition coefficient (Wildman–Crippen LogP) is 4.36. The van der Waals surface area contributed by atoms with E-state index in [-0.39, 0.29) is 5.54 Å². The molecule has 3 unspecified atom stereocenters. The lowest BCUT2D eigenvalue weighted by Gasteiger charge is -2.41. The minimum Gasteiger partial charge on any atom is -0.493 e. The van der Waals surface area contributed by atoms with Crippen LogP contribution in [0.2, 0.25) is 0 Å². The molecule has 3 rings (SSSR count). The summed E-state index contributed by atoms with van der Waals surface area (Å²) in [5, 5.41) is 3.69. The number of hydrogen-bond acceptors (Lipinski definition) is 2. The first-order valence-electron chi connectivity index (χ1n) is 8.50. The summed E-state index contributed by atoms with van der Waals surface area (Å²) >= 11 is 0. The van der Waals surface area contributed by atoms with Crippen LogP contribution >= 0.6 is 0 Å². The highest BCUT2D eigenvalue weighted by atomic mass is 16.5. The maximum Gasteiger partial charge on any atom is 0.122 e. The van der Waals surface area contributed by atoms with Crippen LogP contribution in [0.4, 0.5) is 0 Å². The molecule has 1 saturated carbocycles. The molecule has 116 valence electrons. The zero-order valence-electron chi connectivity index (χ0n) is 13.7. The Morgan fingerprint density at radius 2 is 1.86 bits per heavy atom. The van der Waals surface area contributed by atoms with E-state index in [1.54, 1.807) is 0 Å². The minimum atomic E-state index is 0.241. The molecule has 1 aromatic rings. The van der Waals surface area contributed by atoms with Gasteiger partial charge in [-0.2, -0.15) is 0 Å². The van der Waals surface area contributed by atoms with Gasteiger partial charge in [0, 0.05) is 5.54 Å². The largest absolute Gasteiger partial charge is 0.493 e. The molecular formula is C19H29NO. The summed E-state index contributed by atoms with van der Waals surface area (Å²) < 4.78 is 5.79. The van der Waals surface area contributed by atoms with Crippen LogP contribution in [0.1, 0.15) is 57.9 Å². The van der Waals surface area contributed by atoms with E-state index in [4.69, 9.17) is 4.74 Å². The number of para-hydroxylation sites is 1. The van der Waals surface area contributed by atoms with Crippen LogP contribution < -0.4 is 10.1 Å². The second-order valence-corrected chi connectivity index (χ2v) is 7.84. The van der Waals surface area contributed by atoms with E-state index in [9.17, 15) is 0 Å². The number of benzene rings is 1. The van der Waals surface area contributed by atoms with Gasteiger partial charge in [-0.25, -0.2) is 0 Å². The van der Waals surface area contributed by atoms with Gasteiger partial charge in [-0.1, -0.05) is 18.2 Å². The molecule has 1 aliphatic heterocycles. The maximum absolute atomic E-state index is 5.79. The van der Waals surface area contributed by atoms with Crippen molar-refractivity contribution in [2.75, 3.05) is 13.2 Å². The fourth-order valence-electron chi connectivity index (χ4n) is 3.68. The first-order valence-corrected chi connectivity index (χ1v) is 8.50. The Hall–Kier alpha value is -1.02. The molecule has 1 heterocycles. The lowest BCUT2D eigenvalue weighted by atomic mass is 9.68. The first-order chi connectivity index (χ1) is 10.0. The third-order valence-corrected chi connectivity index (χ3v) is 5.14. The normalized spacial score (nSPS) is 28.4. The number of rotatable bonds is 4. The van der Waals surface area contributed by atoms with Gasteiger partial charge in [-0.15, -0.1) is 0 Å². The van der Waals surface area contributed by atoms with E-state index in [2.05, 4.69) is 50.4 Å². The van der Waals surface area contributed by atoms with Crippen LogP contribution in [-0.4, -0.2) is 18.7 Å². The summed E-state index contributed by atoms with van der Waals surface area (Å²) in [4.78, 5) is 0. The molecule has 1 aliphatic carbocycles. The summed E-state index contributed by atoms with van der Waals surface area (Å²) in [6.45, 7) is 8.85. The fraction of sp³-hybridized carbons (Fsp3) is 0.684. The molecule has 0 saturated heterocycles. The number of fused-ring (bicyclic) bond motifs is 1. The molecule has 0 aromatic heterocycles. The average molecular weight is 287 g/mol. The summed E-state index contributed by atoms with van der Waals surface area (Å²) in [7, 11) is 0. The van der Waals surface area contributed by atoms with E-state index in [1.807, 2.05) is 0 Å². The van der Waals surface area contributed by atoms with Crippen LogP contribution in [0, 0.1) is 11.8 Å². The molecule has 2 aliphatic rings. The standard InChI is InChI=1S/C19H29NO/c1-19(2,3)20-13-16-9-8-14(16)12-15-10-11-21-18-7-5-4-6-17(15)18/h4-7,14-16,20H,8-13H2,1-3H3. The van der Waals surface area contributed by atoms with Gasteiger partial charge >= 0.3 is 0 Å². The zero-order valence-corrected chi connectivity index (χ0v) is 13.7. The van der Waals surface area contributed by atoms with Crippen LogP contribution in [0.3, 0.4) is 0 Å². The topological polar surface area (TPSA) is 21.3 Å². The molecular weight excluding hydrogens is 258 g/mol. The van der Waals surface area contributed by atoms with E-state index < -0.39 is 0 Å². The number of nitrogens with one attached hydrogen (secondary N) is 1. The van der Waals surface area contributed by atoms with Crippen molar-refractivity contribution in [2.45, 2.75) is 57.9 Å². The smallest absolute Gasteiger partial charge is 0.122 e. The summed E-state index contributed by atoms with van der Waals surface area (Å²) in [5.41, 5.74) is 1.68. The van der Waals surface area contributed by atoms with Gasteiger partial charge in [0.2, 0.25) is 0 Å². The van der Waals surface area contributed by atoms with Gasteiger partial charge in [-0.05, 0) is 82.4 Å². The molecule has 0 amide bonds. The summed E-state index contributed by atoms with van der Waals surface area (Å²) in [6.07, 6.45) is 5.35. The van der Waals surface area contributed by atoms with Crippen molar-refractivity contribution in [3.05, 3.63) is 29.8 Å². The highest BCUT2D eigenvalue weighted by Crippen LogP contribution is 2.44. The van der Waals surface area contributed by atoms with Crippen molar-refractivity contribution in [2.24, 2.45) is 11.8 Å². The van der Waals surface area contributed by atoms with Gasteiger partial charge in [-0.3, -0.25) is 0 Å².